The number of rotatable bonds is 10. The second kappa shape index (κ2) is 13.2. The molecule has 3 N–H and O–H groups in total. The van der Waals surface area contributed by atoms with Crippen molar-refractivity contribution >= 4 is 36.9 Å². The lowest BCUT2D eigenvalue weighted by Gasteiger charge is -2.40. The predicted octanol–water partition coefficient (Wildman–Crippen LogP) is 6.73. The molecule has 0 spiro atoms. The van der Waals surface area contributed by atoms with Gasteiger partial charge in [-0.05, 0) is 58.6 Å². The summed E-state index contributed by atoms with van der Waals surface area (Å²) in [5, 5.41) is 11.9. The normalized spacial score (nSPS) is 20.3. The number of nitrogens with zero attached hydrogens (tertiary/aromatic N) is 4. The summed E-state index contributed by atoms with van der Waals surface area (Å²) in [6, 6.07) is 27.9. The van der Waals surface area contributed by atoms with Crippen molar-refractivity contribution in [3.63, 3.8) is 0 Å². The van der Waals surface area contributed by atoms with Gasteiger partial charge >= 0.3 is 0 Å². The van der Waals surface area contributed by atoms with E-state index >= 15 is 0 Å². The average molecular weight is 688 g/mol. The minimum absolute atomic E-state index is 0.0166. The minimum Gasteiger partial charge on any atom is -0.497 e. The van der Waals surface area contributed by atoms with Gasteiger partial charge in [0.25, 0.3) is 0 Å². The molecule has 1 aliphatic heterocycles. The van der Waals surface area contributed by atoms with Crippen LogP contribution in [0.25, 0.3) is 11.2 Å². The van der Waals surface area contributed by atoms with E-state index in [0.29, 0.717) is 11.2 Å². The summed E-state index contributed by atoms with van der Waals surface area (Å²) in [6.45, 7) is 10.8. The Morgan fingerprint density at radius 1 is 0.917 bits per heavy atom. The highest BCUT2D eigenvalue weighted by Gasteiger charge is 2.52. The number of methoxy groups -OCH3 is 1. The molecule has 48 heavy (non-hydrogen) atoms. The molecular weight excluding hydrogens is 646 g/mol. The van der Waals surface area contributed by atoms with Crippen LogP contribution in [0.2, 0.25) is 23.4 Å². The van der Waals surface area contributed by atoms with Crippen LogP contribution in [-0.4, -0.2) is 65.0 Å². The zero-order valence-electron chi connectivity index (χ0n) is 28.0. The lowest BCUT2D eigenvalue weighted by atomic mass is 9.80. The Bertz CT molecular complexity index is 1810. The van der Waals surface area contributed by atoms with Crippen LogP contribution in [0.4, 0.5) is 5.82 Å². The van der Waals surface area contributed by atoms with Gasteiger partial charge in [-0.25, -0.2) is 4.98 Å². The summed E-state index contributed by atoms with van der Waals surface area (Å²) < 4.78 is 27.9. The van der Waals surface area contributed by atoms with Crippen LogP contribution in [0.3, 0.4) is 0 Å². The number of fused-ring (bicyclic) bond motifs is 1. The third-order valence-corrected chi connectivity index (χ3v) is 14.2. The first-order valence-corrected chi connectivity index (χ1v) is 19.2. The van der Waals surface area contributed by atoms with Crippen molar-refractivity contribution in [2.45, 2.75) is 69.0 Å². The van der Waals surface area contributed by atoms with E-state index in [9.17, 15) is 5.11 Å². The topological polar surface area (TPSA) is 127 Å². The average Bonchev–Trinajstić information content (AvgIpc) is 3.62. The molecule has 1 saturated heterocycles. The first-order chi connectivity index (χ1) is 22.9. The molecule has 0 amide bonds. The van der Waals surface area contributed by atoms with Crippen molar-refractivity contribution < 1.29 is 23.7 Å². The van der Waals surface area contributed by atoms with Gasteiger partial charge in [-0.3, -0.25) is 4.57 Å². The zero-order chi connectivity index (χ0) is 34.3. The molecule has 0 saturated carbocycles. The Hall–Kier alpha value is -3.84. The molecule has 0 radical (unpaired) electrons. The molecule has 12 heteroatoms. The molecule has 1 fully saturated rings. The molecule has 3 heterocycles. The number of anilines is 1. The number of nitrogen functional groups attached to an aromatic ring is 1. The Labute approximate surface area is 286 Å². The first-order valence-electron chi connectivity index (χ1n) is 15.9. The number of hydrogen-bond acceptors (Lipinski definition) is 9. The minimum atomic E-state index is -2.42. The van der Waals surface area contributed by atoms with Crippen LogP contribution in [0, 0.1) is 0 Å². The molecule has 4 atom stereocenters. The number of imidazole rings is 1. The molecule has 252 valence electrons. The fraction of sp³-hybridized carbons (Fsp3) is 0.361. The highest BCUT2D eigenvalue weighted by molar-refractivity contribution is 6.74. The van der Waals surface area contributed by atoms with Gasteiger partial charge < -0.3 is 29.5 Å². The number of benzene rings is 3. The van der Waals surface area contributed by atoms with Crippen molar-refractivity contribution in [2.24, 2.45) is 0 Å². The van der Waals surface area contributed by atoms with E-state index in [4.69, 9.17) is 36.0 Å². The van der Waals surface area contributed by atoms with Crippen molar-refractivity contribution in [1.29, 1.82) is 0 Å². The molecule has 10 nitrogen and oxygen atoms in total. The number of ether oxygens (including phenoxy) is 3. The van der Waals surface area contributed by atoms with E-state index in [-0.39, 0.29) is 22.7 Å². The van der Waals surface area contributed by atoms with Crippen LogP contribution in [-0.2, 0) is 19.5 Å². The van der Waals surface area contributed by atoms with E-state index in [1.165, 1.54) is 0 Å². The van der Waals surface area contributed by atoms with E-state index in [2.05, 4.69) is 48.8 Å². The number of aliphatic hydroxyl groups excluding tert-OH is 1. The van der Waals surface area contributed by atoms with Crippen molar-refractivity contribution in [3.8, 4) is 5.75 Å². The quantitative estimate of drug-likeness (QED) is 0.0934. The van der Waals surface area contributed by atoms with E-state index in [0.717, 1.165) is 22.4 Å². The summed E-state index contributed by atoms with van der Waals surface area (Å²) >= 11 is 6.23. The highest BCUT2D eigenvalue weighted by atomic mass is 35.5. The summed E-state index contributed by atoms with van der Waals surface area (Å²) in [5.41, 5.74) is 8.59. The van der Waals surface area contributed by atoms with E-state index < -0.39 is 38.5 Å². The standard InChI is InChI=1S/C36H42ClN5O5Si/c1-35(2,3)48(5,6)47-30-29(43)27(46-33(30)42-22-39-28-31(38)40-34(37)41-32(28)42)21-45-36(23-13-9-7-10-14-23,24-15-11-8-12-16-24)25-17-19-26(44-4)20-18-25/h7-20,22,27,29-30,33,43H,21H2,1-6H3,(H2,38,40,41)/t27-,29+,30-,33-/m1/s1. The third-order valence-electron chi connectivity index (χ3n) is 9.57. The van der Waals surface area contributed by atoms with Crippen LogP contribution in [0.1, 0.15) is 43.7 Å². The SMILES string of the molecule is COc1ccc(C(OC[C@H]2O[C@@H](n3cnc4c(N)nc(Cl)nc43)[C@H](O[Si](C)(C)C(C)(C)C)[C@H]2O)(c2ccccc2)c2ccccc2)cc1. The van der Waals surface area contributed by atoms with Gasteiger partial charge in [0.15, 0.2) is 26.0 Å². The maximum atomic E-state index is 12.1. The lowest BCUT2D eigenvalue weighted by Crippen LogP contribution is -2.49. The Morgan fingerprint density at radius 3 is 2.06 bits per heavy atom. The monoisotopic (exact) mass is 687 g/mol. The van der Waals surface area contributed by atoms with Crippen molar-refractivity contribution in [2.75, 3.05) is 19.5 Å². The van der Waals surface area contributed by atoms with Crippen molar-refractivity contribution in [3.05, 3.63) is 113 Å². The maximum absolute atomic E-state index is 12.1. The molecule has 3 aromatic carbocycles. The number of nitrogens with two attached hydrogens (primary N) is 1. The Balaban J connectivity index is 1.43. The number of aliphatic hydroxyl groups is 1. The molecule has 6 rings (SSSR count). The third kappa shape index (κ3) is 6.22. The number of hydrogen-bond donors (Lipinski definition) is 2. The fourth-order valence-corrected chi connectivity index (χ4v) is 7.41. The Morgan fingerprint density at radius 2 is 1.50 bits per heavy atom. The van der Waals surface area contributed by atoms with E-state index in [1.807, 2.05) is 84.9 Å². The van der Waals surface area contributed by atoms with Gasteiger partial charge in [-0.2, -0.15) is 9.97 Å². The van der Waals surface area contributed by atoms with Crippen LogP contribution in [0.5, 0.6) is 5.75 Å². The van der Waals surface area contributed by atoms with Crippen LogP contribution < -0.4 is 10.5 Å². The molecule has 1 aliphatic rings. The summed E-state index contributed by atoms with van der Waals surface area (Å²) in [5.74, 6) is 0.882. The molecule has 0 aliphatic carbocycles. The fourth-order valence-electron chi connectivity index (χ4n) is 5.95. The largest absolute Gasteiger partial charge is 0.497 e. The van der Waals surface area contributed by atoms with Gasteiger partial charge in [0.2, 0.25) is 5.28 Å². The molecule has 2 aromatic heterocycles. The van der Waals surface area contributed by atoms with Crippen LogP contribution >= 0.6 is 11.6 Å². The van der Waals surface area contributed by atoms with E-state index in [1.54, 1.807) is 18.0 Å². The Kier molecular flexibility index (Phi) is 9.38. The summed E-state index contributed by atoms with van der Waals surface area (Å²) in [7, 11) is -0.780. The number of halogens is 1. The first kappa shape index (κ1) is 34.0. The second-order valence-electron chi connectivity index (χ2n) is 13.6. The summed E-state index contributed by atoms with van der Waals surface area (Å²) in [4.78, 5) is 12.9. The van der Waals surface area contributed by atoms with Gasteiger partial charge in [0.1, 0.15) is 35.2 Å². The van der Waals surface area contributed by atoms with Gasteiger partial charge in [0.05, 0.1) is 20.0 Å². The molecular formula is C36H42ClN5O5Si. The smallest absolute Gasteiger partial charge is 0.226 e. The molecule has 5 aromatic rings. The van der Waals surface area contributed by atoms with Crippen molar-refractivity contribution in [1.82, 2.24) is 19.5 Å². The van der Waals surface area contributed by atoms with Gasteiger partial charge in [-0.15, -0.1) is 0 Å². The van der Waals surface area contributed by atoms with Gasteiger partial charge in [0, 0.05) is 0 Å². The molecule has 0 unspecified atom stereocenters. The highest BCUT2D eigenvalue weighted by Crippen LogP contribution is 2.45. The molecule has 0 bridgehead atoms. The second-order valence-corrected chi connectivity index (χ2v) is 18.6. The zero-order valence-corrected chi connectivity index (χ0v) is 29.8. The lowest BCUT2D eigenvalue weighted by molar-refractivity contribution is -0.0940. The maximum Gasteiger partial charge on any atom is 0.226 e. The number of aromatic nitrogens is 4. The van der Waals surface area contributed by atoms with Crippen LogP contribution in [0.15, 0.2) is 91.3 Å². The predicted molar refractivity (Wildman–Crippen MR) is 188 cm³/mol. The summed E-state index contributed by atoms with van der Waals surface area (Å²) in [6.07, 6.45) is -1.85. The van der Waals surface area contributed by atoms with Gasteiger partial charge in [-0.1, -0.05) is 93.6 Å².